The van der Waals surface area contributed by atoms with Crippen LogP contribution in [-0.4, -0.2) is 0 Å². The number of aryl methyl sites for hydroxylation is 8. The molecule has 77 heavy (non-hydrogen) atoms. The van der Waals surface area contributed by atoms with Gasteiger partial charge in [-0.25, -0.2) is 0 Å². The van der Waals surface area contributed by atoms with E-state index < -0.39 is 5.41 Å². The number of benzene rings is 10. The molecule has 12 aromatic rings. The van der Waals surface area contributed by atoms with Gasteiger partial charge in [0.25, 0.3) is 0 Å². The predicted octanol–water partition coefficient (Wildman–Crippen LogP) is 20.5. The van der Waals surface area contributed by atoms with Crippen molar-refractivity contribution in [2.45, 2.75) is 88.5 Å². The summed E-state index contributed by atoms with van der Waals surface area (Å²) in [5, 5.41) is 4.28. The number of hydrogen-bond donors (Lipinski definition) is 0. The van der Waals surface area contributed by atoms with Crippen molar-refractivity contribution >= 4 is 78.0 Å². The lowest BCUT2D eigenvalue weighted by Gasteiger charge is -2.34. The number of para-hydroxylation sites is 2. The molecule has 0 fully saturated rings. The summed E-state index contributed by atoms with van der Waals surface area (Å²) in [7, 11) is 0. The lowest BCUT2D eigenvalue weighted by molar-refractivity contribution is 0.665. The fraction of sp³-hybridized carbons (Fsp3) is 0.178. The Kier molecular flexibility index (Phi) is 10.2. The highest BCUT2D eigenvalue weighted by Gasteiger charge is 2.55. The smallest absolute Gasteiger partial charge is 0.145 e. The third kappa shape index (κ3) is 6.45. The van der Waals surface area contributed by atoms with E-state index >= 15 is 0 Å². The Hall–Kier alpha value is -8.60. The maximum absolute atomic E-state index is 7.56. The molecule has 14 rings (SSSR count). The van der Waals surface area contributed by atoms with E-state index in [1.165, 1.54) is 100 Å². The number of furan rings is 2. The van der Waals surface area contributed by atoms with Crippen molar-refractivity contribution in [1.29, 1.82) is 0 Å². The van der Waals surface area contributed by atoms with Crippen molar-refractivity contribution in [1.82, 2.24) is 0 Å². The summed E-state index contributed by atoms with van der Waals surface area (Å²) in [5.74, 6) is 0. The van der Waals surface area contributed by atoms with Gasteiger partial charge in [-0.3, -0.25) is 0 Å². The van der Waals surface area contributed by atoms with Crippen LogP contribution >= 0.6 is 0 Å². The van der Waals surface area contributed by atoms with Crippen molar-refractivity contribution in [3.8, 4) is 22.3 Å². The number of hydrogen-bond acceptors (Lipinski definition) is 4. The molecule has 0 saturated heterocycles. The highest BCUT2D eigenvalue weighted by atomic mass is 16.3. The van der Waals surface area contributed by atoms with Crippen LogP contribution in [0.5, 0.6) is 0 Å². The molecule has 2 aromatic heterocycles. The van der Waals surface area contributed by atoms with Gasteiger partial charge in [0.15, 0.2) is 0 Å². The molecule has 2 aliphatic carbocycles. The second kappa shape index (κ2) is 16.7. The van der Waals surface area contributed by atoms with Crippen molar-refractivity contribution in [2.24, 2.45) is 0 Å². The maximum atomic E-state index is 7.56. The second-order valence-corrected chi connectivity index (χ2v) is 22.6. The Labute approximate surface area is 451 Å². The largest absolute Gasteiger partial charge is 0.455 e. The van der Waals surface area contributed by atoms with Crippen molar-refractivity contribution in [3.63, 3.8) is 0 Å². The van der Waals surface area contributed by atoms with Crippen LogP contribution in [0.15, 0.2) is 167 Å². The minimum Gasteiger partial charge on any atom is -0.455 e. The van der Waals surface area contributed by atoms with Gasteiger partial charge in [-0.15, -0.1) is 0 Å². The van der Waals surface area contributed by atoms with Gasteiger partial charge in [-0.2, -0.15) is 0 Å². The first-order chi connectivity index (χ1) is 37.1. The van der Waals surface area contributed by atoms with Gasteiger partial charge in [-0.1, -0.05) is 84.9 Å². The predicted molar refractivity (Wildman–Crippen MR) is 324 cm³/mol. The van der Waals surface area contributed by atoms with E-state index in [0.717, 1.165) is 89.1 Å². The first-order valence-corrected chi connectivity index (χ1v) is 27.2. The van der Waals surface area contributed by atoms with Crippen LogP contribution in [0.4, 0.5) is 34.1 Å². The molecule has 4 heteroatoms. The lowest BCUT2D eigenvalue weighted by Crippen LogP contribution is -2.26. The molecule has 0 amide bonds. The molecule has 0 aliphatic heterocycles. The second-order valence-electron chi connectivity index (χ2n) is 22.6. The van der Waals surface area contributed by atoms with Crippen molar-refractivity contribution in [2.75, 3.05) is 9.80 Å². The van der Waals surface area contributed by atoms with Gasteiger partial charge in [0, 0.05) is 44.6 Å². The number of anilines is 6. The summed E-state index contributed by atoms with van der Waals surface area (Å²) in [6.07, 6.45) is 0. The number of nitrogens with zero attached hydrogens (tertiary/aromatic N) is 2. The third-order valence-electron chi connectivity index (χ3n) is 18.4. The third-order valence-corrected chi connectivity index (χ3v) is 18.4. The molecule has 4 nitrogen and oxygen atoms in total. The van der Waals surface area contributed by atoms with Crippen molar-refractivity contribution in [3.05, 3.63) is 247 Å². The summed E-state index contributed by atoms with van der Waals surface area (Å²) in [6, 6.07) is 59.7. The van der Waals surface area contributed by atoms with Gasteiger partial charge in [0.2, 0.25) is 0 Å². The summed E-state index contributed by atoms with van der Waals surface area (Å²) < 4.78 is 15.1. The Bertz CT molecular complexity index is 4060. The van der Waals surface area contributed by atoms with Crippen LogP contribution in [0, 0.1) is 83.1 Å². The number of rotatable bonds is 6. The summed E-state index contributed by atoms with van der Waals surface area (Å²) in [6.45, 7) is 26.9. The molecule has 0 atom stereocenters. The summed E-state index contributed by atoms with van der Waals surface area (Å²) in [4.78, 5) is 5.06. The molecular formula is C73H62N2O2. The van der Waals surface area contributed by atoms with E-state index in [1.807, 2.05) is 0 Å². The van der Waals surface area contributed by atoms with Crippen LogP contribution in [-0.2, 0) is 5.41 Å². The zero-order chi connectivity index (χ0) is 53.1. The normalized spacial score (nSPS) is 13.0. The Balaban J connectivity index is 1.22. The Morgan fingerprint density at radius 2 is 0.597 bits per heavy atom. The zero-order valence-electron chi connectivity index (χ0n) is 46.2. The molecule has 0 bridgehead atoms. The molecule has 1 spiro atoms. The Morgan fingerprint density at radius 3 is 0.922 bits per heavy atom. The standard InChI is InChI=1S/C73H62N2O2/c1-39-29-51(30-40(2)47(39)9)74(52-31-41(3)48(10)42(4)32-52)63-37-61-69(71-67(63)57-23-15-19-27-65(57)76-71)70-62(73(61)59-25-17-13-21-55(59)56-22-14-18-26-60(56)73)38-64(68-58-24-16-20-28-66(58)77-72(68)70)75(53-33-43(5)49(11)44(6)34-53)54-35-45(7)50(12)46(8)36-54/h13-38H,1-12H3. The molecule has 2 aliphatic rings. The molecule has 376 valence electrons. The van der Waals surface area contributed by atoms with Gasteiger partial charge in [-0.05, 0) is 256 Å². The fourth-order valence-corrected chi connectivity index (χ4v) is 13.6. The van der Waals surface area contributed by atoms with E-state index in [2.05, 4.69) is 251 Å². The zero-order valence-corrected chi connectivity index (χ0v) is 46.2. The van der Waals surface area contributed by atoms with Gasteiger partial charge in [0.1, 0.15) is 22.3 Å². The van der Waals surface area contributed by atoms with E-state index in [-0.39, 0.29) is 0 Å². The molecule has 0 radical (unpaired) electrons. The SMILES string of the molecule is Cc1cc(N(c2cc(C)c(C)c(C)c2)c2cc3c(c4oc5ccccc5c24)-c2c(cc(N(c4cc(C)c(C)c(C)c4)c4cc(C)c(C)c(C)c4)c4c2oc2ccccc24)C32c3ccccc3-c3ccccc32)cc(C)c1C. The molecule has 0 unspecified atom stereocenters. The molecule has 2 heterocycles. The van der Waals surface area contributed by atoms with Crippen LogP contribution < -0.4 is 9.80 Å². The van der Waals surface area contributed by atoms with Crippen LogP contribution in [0.25, 0.3) is 66.1 Å². The van der Waals surface area contributed by atoms with Crippen LogP contribution in [0.2, 0.25) is 0 Å². The summed E-state index contributed by atoms with van der Waals surface area (Å²) in [5.41, 5.74) is 33.9. The highest BCUT2D eigenvalue weighted by Crippen LogP contribution is 2.68. The molecular weight excluding hydrogens is 937 g/mol. The summed E-state index contributed by atoms with van der Waals surface area (Å²) >= 11 is 0. The number of fused-ring (bicyclic) bond motifs is 18. The average molecular weight is 999 g/mol. The quantitative estimate of drug-likeness (QED) is 0.166. The fourth-order valence-electron chi connectivity index (χ4n) is 13.6. The van der Waals surface area contributed by atoms with E-state index in [4.69, 9.17) is 8.83 Å². The van der Waals surface area contributed by atoms with Crippen LogP contribution in [0.1, 0.15) is 89.0 Å². The first-order valence-electron chi connectivity index (χ1n) is 27.2. The van der Waals surface area contributed by atoms with Crippen molar-refractivity contribution < 1.29 is 8.83 Å². The minimum absolute atomic E-state index is 0.810. The van der Waals surface area contributed by atoms with Gasteiger partial charge in [0.05, 0.1) is 27.6 Å². The average Bonchev–Trinajstić information content (AvgIpc) is 3.91. The van der Waals surface area contributed by atoms with E-state index in [9.17, 15) is 0 Å². The molecule has 0 saturated carbocycles. The molecule has 10 aromatic carbocycles. The molecule has 0 N–H and O–H groups in total. The van der Waals surface area contributed by atoms with E-state index in [1.54, 1.807) is 0 Å². The van der Waals surface area contributed by atoms with Gasteiger partial charge >= 0.3 is 0 Å². The van der Waals surface area contributed by atoms with Crippen LogP contribution in [0.3, 0.4) is 0 Å². The van der Waals surface area contributed by atoms with E-state index in [0.29, 0.717) is 0 Å². The lowest BCUT2D eigenvalue weighted by atomic mass is 9.70. The maximum Gasteiger partial charge on any atom is 0.145 e. The highest BCUT2D eigenvalue weighted by molar-refractivity contribution is 6.25. The Morgan fingerprint density at radius 1 is 0.312 bits per heavy atom. The first kappa shape index (κ1) is 46.9. The van der Waals surface area contributed by atoms with Gasteiger partial charge < -0.3 is 18.6 Å². The monoisotopic (exact) mass is 998 g/mol. The topological polar surface area (TPSA) is 32.8 Å². The minimum atomic E-state index is -0.810.